The Bertz CT molecular complexity index is 1460. The van der Waals surface area contributed by atoms with E-state index in [0.717, 1.165) is 11.1 Å². The number of likely N-dealkylation sites (tertiary alicyclic amines) is 1. The molecule has 5 rings (SSSR count). The minimum Gasteiger partial charge on any atom is -0.450 e. The van der Waals surface area contributed by atoms with Gasteiger partial charge >= 0.3 is 12.3 Å². The molecular weight excluding hydrogens is 509 g/mol. The van der Waals surface area contributed by atoms with Gasteiger partial charge in [-0.3, -0.25) is 4.90 Å². The molecule has 1 saturated heterocycles. The van der Waals surface area contributed by atoms with Crippen molar-refractivity contribution in [2.45, 2.75) is 25.2 Å². The van der Waals surface area contributed by atoms with Crippen LogP contribution < -0.4 is 0 Å². The van der Waals surface area contributed by atoms with Gasteiger partial charge in [0.05, 0.1) is 6.54 Å². The third-order valence-corrected chi connectivity index (χ3v) is 6.39. The number of carboxylic acid groups (broad SMARTS) is 2. The predicted molar refractivity (Wildman–Crippen MR) is 136 cm³/mol. The minimum absolute atomic E-state index is 0.0266. The Balaban J connectivity index is 1.27. The zero-order valence-corrected chi connectivity index (χ0v) is 20.6. The lowest BCUT2D eigenvalue weighted by Gasteiger charge is -2.39. The van der Waals surface area contributed by atoms with Crippen LogP contribution in [0.25, 0.3) is 34.0 Å². The minimum atomic E-state index is -1.77. The van der Waals surface area contributed by atoms with Crippen LogP contribution in [0, 0.1) is 5.82 Å². The van der Waals surface area contributed by atoms with Gasteiger partial charge in [0.1, 0.15) is 5.82 Å². The summed E-state index contributed by atoms with van der Waals surface area (Å²) in [5.41, 5.74) is 3.29. The van der Waals surface area contributed by atoms with E-state index in [1.54, 1.807) is 12.1 Å². The number of carbonyl (C=O) groups is 2. The average molecular weight is 534 g/mol. The van der Waals surface area contributed by atoms with Crippen molar-refractivity contribution in [2.24, 2.45) is 0 Å². The number of nitrogens with zero attached hydrogens (tertiary/aromatic N) is 3. The molecule has 1 aromatic heterocycles. The largest absolute Gasteiger partial charge is 0.509 e. The summed E-state index contributed by atoms with van der Waals surface area (Å²) < 4.78 is 29.8. The van der Waals surface area contributed by atoms with Crippen LogP contribution in [0.3, 0.4) is 0 Å². The molecule has 0 spiro atoms. The molecule has 1 fully saturated rings. The normalized spacial score (nSPS) is 15.0. The van der Waals surface area contributed by atoms with Crippen molar-refractivity contribution in [3.63, 3.8) is 0 Å². The Kier molecular flexibility index (Phi) is 7.24. The van der Waals surface area contributed by atoms with Crippen LogP contribution in [0.4, 0.5) is 14.0 Å². The van der Waals surface area contributed by atoms with Crippen molar-refractivity contribution in [1.82, 2.24) is 15.0 Å². The second-order valence-corrected chi connectivity index (χ2v) is 9.14. The Morgan fingerprint density at radius 3 is 2.31 bits per heavy atom. The SMILES string of the molecule is O=C(O)OC1(OC(=O)O)CCCN(Cc2ccc(-c3noc(-c4ccc(-c5ccccc5)c(F)c4)n3)cc2)C1. The smallest absolute Gasteiger partial charge is 0.450 e. The molecule has 0 saturated carbocycles. The fourth-order valence-electron chi connectivity index (χ4n) is 4.69. The molecule has 2 heterocycles. The van der Waals surface area contributed by atoms with Gasteiger partial charge in [0.2, 0.25) is 5.82 Å². The highest BCUT2D eigenvalue weighted by atomic mass is 19.1. The van der Waals surface area contributed by atoms with E-state index in [9.17, 15) is 14.0 Å². The van der Waals surface area contributed by atoms with Gasteiger partial charge < -0.3 is 24.2 Å². The second kappa shape index (κ2) is 10.9. The lowest BCUT2D eigenvalue weighted by Crippen LogP contribution is -2.52. The van der Waals surface area contributed by atoms with Gasteiger partial charge in [-0.1, -0.05) is 65.8 Å². The number of benzene rings is 3. The van der Waals surface area contributed by atoms with Gasteiger partial charge in [0.15, 0.2) is 0 Å². The summed E-state index contributed by atoms with van der Waals surface area (Å²) in [5.74, 6) is -1.64. The zero-order valence-electron chi connectivity index (χ0n) is 20.6. The maximum Gasteiger partial charge on any atom is 0.509 e. The van der Waals surface area contributed by atoms with Crippen LogP contribution >= 0.6 is 0 Å². The first kappa shape index (κ1) is 25.9. The Morgan fingerprint density at radius 1 is 0.949 bits per heavy atom. The molecule has 0 unspecified atom stereocenters. The molecule has 1 aliphatic heterocycles. The number of hydrogen-bond acceptors (Lipinski definition) is 8. The molecule has 2 N–H and O–H groups in total. The molecule has 1 aliphatic rings. The van der Waals surface area contributed by atoms with Crippen molar-refractivity contribution in [1.29, 1.82) is 0 Å². The van der Waals surface area contributed by atoms with Crippen molar-refractivity contribution in [3.05, 3.63) is 84.2 Å². The topological polar surface area (TPSA) is 135 Å². The number of piperidine rings is 1. The number of hydrogen-bond donors (Lipinski definition) is 2. The third kappa shape index (κ3) is 6.04. The molecule has 3 aromatic carbocycles. The summed E-state index contributed by atoms with van der Waals surface area (Å²) in [6.45, 7) is 1.00. The van der Waals surface area contributed by atoms with Gasteiger partial charge in [-0.25, -0.2) is 14.0 Å². The Morgan fingerprint density at radius 2 is 1.64 bits per heavy atom. The number of aromatic nitrogens is 2. The van der Waals surface area contributed by atoms with Gasteiger partial charge in [0, 0.05) is 29.7 Å². The number of ether oxygens (including phenoxy) is 2. The number of rotatable bonds is 7. The average Bonchev–Trinajstić information content (AvgIpc) is 3.39. The van der Waals surface area contributed by atoms with Crippen LogP contribution in [0.2, 0.25) is 0 Å². The highest BCUT2D eigenvalue weighted by Crippen LogP contribution is 2.30. The molecule has 39 heavy (non-hydrogen) atoms. The summed E-state index contributed by atoms with van der Waals surface area (Å²) in [5, 5.41) is 22.1. The van der Waals surface area contributed by atoms with Crippen LogP contribution in [0.15, 0.2) is 77.3 Å². The molecular formula is C28H24FN3O7. The first-order valence-electron chi connectivity index (χ1n) is 12.1. The van der Waals surface area contributed by atoms with Crippen LogP contribution in [0.1, 0.15) is 18.4 Å². The van der Waals surface area contributed by atoms with Gasteiger partial charge in [-0.05, 0) is 36.2 Å². The lowest BCUT2D eigenvalue weighted by molar-refractivity contribution is -0.209. The van der Waals surface area contributed by atoms with Crippen molar-refractivity contribution >= 4 is 12.3 Å². The predicted octanol–water partition coefficient (Wildman–Crippen LogP) is 5.89. The van der Waals surface area contributed by atoms with Gasteiger partial charge in [0.25, 0.3) is 11.7 Å². The molecule has 0 atom stereocenters. The second-order valence-electron chi connectivity index (χ2n) is 9.14. The monoisotopic (exact) mass is 533 g/mol. The highest BCUT2D eigenvalue weighted by molar-refractivity contribution is 5.68. The van der Waals surface area contributed by atoms with Crippen LogP contribution in [-0.2, 0) is 16.0 Å². The summed E-state index contributed by atoms with van der Waals surface area (Å²) in [4.78, 5) is 28.5. The maximum absolute atomic E-state index is 14.8. The molecule has 0 bridgehead atoms. The van der Waals surface area contributed by atoms with E-state index in [1.807, 2.05) is 59.5 Å². The zero-order chi connectivity index (χ0) is 27.4. The molecule has 0 radical (unpaired) electrons. The quantitative estimate of drug-likeness (QED) is 0.219. The van der Waals surface area contributed by atoms with E-state index >= 15 is 0 Å². The van der Waals surface area contributed by atoms with E-state index in [-0.39, 0.29) is 18.9 Å². The Labute approximate surface area is 222 Å². The van der Waals surface area contributed by atoms with Crippen LogP contribution in [0.5, 0.6) is 0 Å². The van der Waals surface area contributed by atoms with Gasteiger partial charge in [-0.15, -0.1) is 0 Å². The van der Waals surface area contributed by atoms with E-state index in [4.69, 9.17) is 24.2 Å². The van der Waals surface area contributed by atoms with Crippen molar-refractivity contribution in [2.75, 3.05) is 13.1 Å². The Hall–Kier alpha value is -4.77. The fourth-order valence-corrected chi connectivity index (χ4v) is 4.69. The van der Waals surface area contributed by atoms with Crippen molar-refractivity contribution < 1.29 is 38.2 Å². The molecule has 10 nitrogen and oxygen atoms in total. The summed E-state index contributed by atoms with van der Waals surface area (Å²) in [6.07, 6.45) is -2.56. The maximum atomic E-state index is 14.8. The van der Waals surface area contributed by atoms with Crippen molar-refractivity contribution in [3.8, 4) is 34.0 Å². The third-order valence-electron chi connectivity index (χ3n) is 6.39. The first-order valence-corrected chi connectivity index (χ1v) is 12.1. The van der Waals surface area contributed by atoms with E-state index < -0.39 is 23.9 Å². The van der Waals surface area contributed by atoms with Gasteiger partial charge in [-0.2, -0.15) is 4.98 Å². The molecule has 200 valence electrons. The summed E-state index contributed by atoms with van der Waals surface area (Å²) in [7, 11) is 0. The van der Waals surface area contributed by atoms with E-state index in [0.29, 0.717) is 42.0 Å². The lowest BCUT2D eigenvalue weighted by atomic mass is 10.0. The standard InChI is InChI=1S/C28H24FN3O7/c29-23-15-21(11-12-22(23)19-5-2-1-3-6-19)25-30-24(31-39-25)20-9-7-18(8-10-20)16-32-14-4-13-28(17-32,37-26(33)34)38-27(35)36/h1-3,5-12,15H,4,13-14,16-17H2,(H,33,34)(H,35,36). The molecule has 11 heteroatoms. The molecule has 4 aromatic rings. The molecule has 0 amide bonds. The highest BCUT2D eigenvalue weighted by Gasteiger charge is 2.43. The van der Waals surface area contributed by atoms with E-state index in [1.165, 1.54) is 6.07 Å². The van der Waals surface area contributed by atoms with Crippen LogP contribution in [-0.4, -0.2) is 56.4 Å². The number of halogens is 1. The fraction of sp³-hybridized carbons (Fsp3) is 0.214. The van der Waals surface area contributed by atoms with E-state index in [2.05, 4.69) is 10.1 Å². The summed E-state index contributed by atoms with van der Waals surface area (Å²) >= 11 is 0. The summed E-state index contributed by atoms with van der Waals surface area (Å²) in [6, 6.07) is 21.3. The molecule has 0 aliphatic carbocycles. The first-order chi connectivity index (χ1) is 18.8.